The van der Waals surface area contributed by atoms with E-state index >= 15 is 0 Å². The van der Waals surface area contributed by atoms with Gasteiger partial charge in [0.1, 0.15) is 0 Å². The molecule has 0 saturated carbocycles. The van der Waals surface area contributed by atoms with E-state index < -0.39 is 0 Å². The first kappa shape index (κ1) is 19.7. The van der Waals surface area contributed by atoms with Crippen LogP contribution in [0.3, 0.4) is 0 Å². The Morgan fingerprint density at radius 3 is 2.30 bits per heavy atom. The van der Waals surface area contributed by atoms with Gasteiger partial charge in [0.25, 0.3) is 0 Å². The molecule has 0 saturated heterocycles. The Bertz CT molecular complexity index is 639. The van der Waals surface area contributed by atoms with E-state index in [4.69, 9.17) is 4.99 Å². The molecule has 23 heavy (non-hydrogen) atoms. The zero-order valence-electron chi connectivity index (χ0n) is 13.6. The number of hydrogen-bond acceptors (Lipinski definition) is 2. The van der Waals surface area contributed by atoms with Crippen molar-refractivity contribution < 1.29 is 0 Å². The highest BCUT2D eigenvalue weighted by Crippen LogP contribution is 2.24. The van der Waals surface area contributed by atoms with Crippen LogP contribution >= 0.6 is 24.8 Å². The average Bonchev–Trinajstić information content (AvgIpc) is 2.53. The van der Waals surface area contributed by atoms with Crippen molar-refractivity contribution in [1.82, 2.24) is 4.90 Å². The molecular weight excluding hydrogens is 327 g/mol. The molecular formula is C19H24Cl2N2. The second kappa shape index (κ2) is 9.07. The van der Waals surface area contributed by atoms with Crippen LogP contribution in [0.25, 0.3) is 0 Å². The summed E-state index contributed by atoms with van der Waals surface area (Å²) < 4.78 is 0. The van der Waals surface area contributed by atoms with Gasteiger partial charge in [-0.3, -0.25) is 4.99 Å². The fourth-order valence-corrected chi connectivity index (χ4v) is 2.88. The molecule has 4 heteroatoms. The molecule has 0 radical (unpaired) electrons. The zero-order valence-corrected chi connectivity index (χ0v) is 15.2. The molecule has 0 amide bonds. The van der Waals surface area contributed by atoms with E-state index in [1.54, 1.807) is 0 Å². The molecule has 3 rings (SSSR count). The van der Waals surface area contributed by atoms with Gasteiger partial charge in [0, 0.05) is 11.1 Å². The Labute approximate surface area is 151 Å². The van der Waals surface area contributed by atoms with E-state index in [2.05, 4.69) is 73.6 Å². The molecule has 1 atom stereocenters. The number of halogens is 2. The van der Waals surface area contributed by atoms with Crippen LogP contribution in [0, 0.1) is 0 Å². The van der Waals surface area contributed by atoms with E-state index in [1.165, 1.54) is 16.7 Å². The largest absolute Gasteiger partial charge is 0.309 e. The first-order chi connectivity index (χ1) is 10.2. The Balaban J connectivity index is 0.00000132. The van der Waals surface area contributed by atoms with Crippen LogP contribution in [0.5, 0.6) is 0 Å². The number of benzene rings is 2. The molecule has 1 heterocycles. The lowest BCUT2D eigenvalue weighted by molar-refractivity contribution is 0.379. The summed E-state index contributed by atoms with van der Waals surface area (Å²) in [6.45, 7) is 1.08. The van der Waals surface area contributed by atoms with Crippen LogP contribution < -0.4 is 0 Å². The molecule has 0 aromatic heterocycles. The van der Waals surface area contributed by atoms with Gasteiger partial charge in [0.05, 0.1) is 11.8 Å². The third-order valence-corrected chi connectivity index (χ3v) is 4.00. The fraction of sp³-hybridized carbons (Fsp3) is 0.316. The van der Waals surface area contributed by atoms with Crippen molar-refractivity contribution in [2.24, 2.45) is 4.99 Å². The maximum absolute atomic E-state index is 5.06. The highest BCUT2D eigenvalue weighted by atomic mass is 35.5. The van der Waals surface area contributed by atoms with Gasteiger partial charge in [-0.25, -0.2) is 0 Å². The van der Waals surface area contributed by atoms with E-state index in [0.717, 1.165) is 25.1 Å². The Hall–Kier alpha value is -1.35. The van der Waals surface area contributed by atoms with Gasteiger partial charge in [-0.1, -0.05) is 54.6 Å². The maximum atomic E-state index is 5.06. The van der Waals surface area contributed by atoms with Gasteiger partial charge in [-0.05, 0) is 39.0 Å². The first-order valence-corrected chi connectivity index (χ1v) is 7.60. The van der Waals surface area contributed by atoms with E-state index in [-0.39, 0.29) is 24.8 Å². The molecule has 0 spiro atoms. The minimum atomic E-state index is 0. The van der Waals surface area contributed by atoms with Gasteiger partial charge in [-0.15, -0.1) is 24.8 Å². The maximum Gasteiger partial charge on any atom is 0.0725 e. The highest BCUT2D eigenvalue weighted by Gasteiger charge is 2.21. The predicted molar refractivity (Wildman–Crippen MR) is 104 cm³/mol. The van der Waals surface area contributed by atoms with Crippen LogP contribution in [-0.4, -0.2) is 37.3 Å². The zero-order chi connectivity index (χ0) is 14.7. The summed E-state index contributed by atoms with van der Waals surface area (Å²) >= 11 is 0. The Morgan fingerprint density at radius 2 is 1.61 bits per heavy atom. The number of hydrogen-bond donors (Lipinski definition) is 0. The van der Waals surface area contributed by atoms with Crippen LogP contribution in [0.4, 0.5) is 0 Å². The van der Waals surface area contributed by atoms with Gasteiger partial charge < -0.3 is 4.90 Å². The summed E-state index contributed by atoms with van der Waals surface area (Å²) in [5.41, 5.74) is 5.10. The molecule has 2 nitrogen and oxygen atoms in total. The van der Waals surface area contributed by atoms with Crippen LogP contribution in [0.15, 0.2) is 59.6 Å². The van der Waals surface area contributed by atoms with Gasteiger partial charge >= 0.3 is 0 Å². The number of aliphatic imine (C=N–C) groups is 1. The van der Waals surface area contributed by atoms with Gasteiger partial charge in [-0.2, -0.15) is 0 Å². The van der Waals surface area contributed by atoms with E-state index in [9.17, 15) is 0 Å². The molecule has 0 aliphatic carbocycles. The van der Waals surface area contributed by atoms with Crippen molar-refractivity contribution in [2.45, 2.75) is 18.9 Å². The quantitative estimate of drug-likeness (QED) is 0.804. The molecule has 1 aliphatic rings. The highest BCUT2D eigenvalue weighted by molar-refractivity contribution is 6.14. The molecule has 0 N–H and O–H groups in total. The summed E-state index contributed by atoms with van der Waals surface area (Å²) in [6, 6.07) is 19.6. The average molecular weight is 351 g/mol. The molecule has 0 bridgehead atoms. The smallest absolute Gasteiger partial charge is 0.0725 e. The third kappa shape index (κ3) is 4.81. The van der Waals surface area contributed by atoms with Crippen LogP contribution in [0.1, 0.15) is 23.1 Å². The van der Waals surface area contributed by atoms with Gasteiger partial charge in [0.2, 0.25) is 0 Å². The Kier molecular flexibility index (Phi) is 7.77. The summed E-state index contributed by atoms with van der Waals surface area (Å²) in [4.78, 5) is 7.29. The summed E-state index contributed by atoms with van der Waals surface area (Å²) in [6.07, 6.45) is 2.16. The SMILES string of the molecule is CN(C)CCC1Cc2ccccc2C(c2ccccc2)=N1.Cl.Cl. The van der Waals surface area contributed by atoms with Crippen molar-refractivity contribution in [2.75, 3.05) is 20.6 Å². The minimum absolute atomic E-state index is 0. The van der Waals surface area contributed by atoms with Crippen LogP contribution in [0.2, 0.25) is 0 Å². The molecule has 1 unspecified atom stereocenters. The second-order valence-corrected chi connectivity index (χ2v) is 5.95. The topological polar surface area (TPSA) is 15.6 Å². The summed E-state index contributed by atoms with van der Waals surface area (Å²) in [5, 5.41) is 0. The fourth-order valence-electron chi connectivity index (χ4n) is 2.88. The van der Waals surface area contributed by atoms with E-state index in [0.29, 0.717) is 6.04 Å². The molecule has 124 valence electrons. The van der Waals surface area contributed by atoms with Crippen molar-refractivity contribution in [3.63, 3.8) is 0 Å². The standard InChI is InChI=1S/C19H22N2.2ClH/c1-21(2)13-12-17-14-16-10-6-7-11-18(16)19(20-17)15-8-4-3-5-9-15;;/h3-11,17H,12-14H2,1-2H3;2*1H. The first-order valence-electron chi connectivity index (χ1n) is 7.60. The molecule has 1 aliphatic heterocycles. The van der Waals surface area contributed by atoms with Gasteiger partial charge in [0.15, 0.2) is 0 Å². The van der Waals surface area contributed by atoms with Crippen molar-refractivity contribution >= 4 is 30.5 Å². The van der Waals surface area contributed by atoms with Crippen molar-refractivity contribution in [3.8, 4) is 0 Å². The van der Waals surface area contributed by atoms with Crippen LogP contribution in [-0.2, 0) is 6.42 Å². The Morgan fingerprint density at radius 1 is 0.957 bits per heavy atom. The summed E-state index contributed by atoms with van der Waals surface area (Å²) in [5.74, 6) is 0. The monoisotopic (exact) mass is 350 g/mol. The molecule has 2 aromatic rings. The van der Waals surface area contributed by atoms with Crippen molar-refractivity contribution in [1.29, 1.82) is 0 Å². The lowest BCUT2D eigenvalue weighted by Gasteiger charge is -2.24. The number of rotatable bonds is 4. The number of fused-ring (bicyclic) bond motifs is 1. The van der Waals surface area contributed by atoms with E-state index in [1.807, 2.05) is 0 Å². The molecule has 2 aromatic carbocycles. The number of nitrogens with zero attached hydrogens (tertiary/aromatic N) is 2. The summed E-state index contributed by atoms with van der Waals surface area (Å²) in [7, 11) is 4.25. The second-order valence-electron chi connectivity index (χ2n) is 5.95. The van der Waals surface area contributed by atoms with Crippen molar-refractivity contribution in [3.05, 3.63) is 71.3 Å². The lowest BCUT2D eigenvalue weighted by Crippen LogP contribution is -2.25. The minimum Gasteiger partial charge on any atom is -0.309 e. The normalized spacial score (nSPS) is 16.0. The lowest BCUT2D eigenvalue weighted by atomic mass is 9.89. The predicted octanol–water partition coefficient (Wildman–Crippen LogP) is 4.24. The third-order valence-electron chi connectivity index (χ3n) is 4.00. The molecule has 0 fully saturated rings.